The second-order valence-electron chi connectivity index (χ2n) is 7.15. The molecule has 134 valence electrons. The van der Waals surface area contributed by atoms with Crippen LogP contribution >= 0.6 is 0 Å². The molecule has 6 heteroatoms. The monoisotopic (exact) mass is 343 g/mol. The Bertz CT molecular complexity index is 666. The van der Waals surface area contributed by atoms with Crippen molar-refractivity contribution in [3.05, 3.63) is 29.8 Å². The Hall–Kier alpha value is -2.37. The molecule has 1 aromatic carbocycles. The average Bonchev–Trinajstić information content (AvgIpc) is 3.42. The lowest BCUT2D eigenvalue weighted by Crippen LogP contribution is -2.48. The summed E-state index contributed by atoms with van der Waals surface area (Å²) < 4.78 is 0. The van der Waals surface area contributed by atoms with E-state index in [-0.39, 0.29) is 23.7 Å². The molecule has 0 spiro atoms. The number of hydrogen-bond acceptors (Lipinski definition) is 3. The van der Waals surface area contributed by atoms with Gasteiger partial charge in [-0.05, 0) is 24.0 Å². The maximum atomic E-state index is 12.5. The molecule has 1 aromatic rings. The Morgan fingerprint density at radius 1 is 1.12 bits per heavy atom. The summed E-state index contributed by atoms with van der Waals surface area (Å²) in [7, 11) is 0. The molecule has 1 aliphatic heterocycles. The predicted octanol–water partition coefficient (Wildman–Crippen LogP) is 1.69. The first-order valence-corrected chi connectivity index (χ1v) is 8.89. The molecule has 1 heterocycles. The minimum atomic E-state index is -0.239. The van der Waals surface area contributed by atoms with E-state index in [1.54, 1.807) is 9.80 Å². The molecule has 1 aliphatic carbocycles. The molecule has 2 aliphatic rings. The smallest absolute Gasteiger partial charge is 0.228 e. The van der Waals surface area contributed by atoms with E-state index in [1.165, 1.54) is 0 Å². The number of piperazine rings is 1. The molecule has 3 amide bonds. The molecular weight excluding hydrogens is 318 g/mol. The van der Waals surface area contributed by atoms with E-state index < -0.39 is 0 Å². The predicted molar refractivity (Wildman–Crippen MR) is 95.0 cm³/mol. The van der Waals surface area contributed by atoms with Gasteiger partial charge in [0, 0.05) is 31.9 Å². The third-order valence-corrected chi connectivity index (χ3v) is 5.06. The van der Waals surface area contributed by atoms with Crippen LogP contribution in [0.2, 0.25) is 0 Å². The highest BCUT2D eigenvalue weighted by Crippen LogP contribution is 2.41. The zero-order chi connectivity index (χ0) is 18.0. The maximum Gasteiger partial charge on any atom is 0.228 e. The molecule has 6 nitrogen and oxygen atoms in total. The highest BCUT2D eigenvalue weighted by molar-refractivity contribution is 6.00. The Labute approximate surface area is 148 Å². The van der Waals surface area contributed by atoms with E-state index in [9.17, 15) is 14.4 Å². The van der Waals surface area contributed by atoms with E-state index in [0.717, 1.165) is 17.7 Å². The van der Waals surface area contributed by atoms with Crippen LogP contribution in [0.5, 0.6) is 0 Å². The normalized spacial score (nSPS) is 22.7. The number of benzene rings is 1. The summed E-state index contributed by atoms with van der Waals surface area (Å²) in [5.41, 5.74) is 1.93. The summed E-state index contributed by atoms with van der Waals surface area (Å²) in [5.74, 6) is -0.158. The fourth-order valence-electron chi connectivity index (χ4n) is 3.38. The largest absolute Gasteiger partial charge is 0.342 e. The van der Waals surface area contributed by atoms with E-state index in [0.29, 0.717) is 38.5 Å². The molecule has 0 aromatic heterocycles. The number of anilines is 1. The molecule has 2 atom stereocenters. The Kier molecular flexibility index (Phi) is 5.06. The Morgan fingerprint density at radius 3 is 2.44 bits per heavy atom. The van der Waals surface area contributed by atoms with Gasteiger partial charge in [0.15, 0.2) is 0 Å². The number of para-hydroxylation sites is 1. The standard InChI is InChI=1S/C19H25N3O3/c1-13(2)14-5-3-4-6-17(14)20-18(24)15-11-16(15)19(25)22-9-7-21(12-23)8-10-22/h3-6,12-13,15-16H,7-11H2,1-2H3,(H,20,24). The Balaban J connectivity index is 1.56. The molecule has 25 heavy (non-hydrogen) atoms. The number of carbonyl (C=O) groups is 3. The fraction of sp³-hybridized carbons (Fsp3) is 0.526. The topological polar surface area (TPSA) is 69.7 Å². The Morgan fingerprint density at radius 2 is 1.80 bits per heavy atom. The van der Waals surface area contributed by atoms with Crippen LogP contribution in [0.3, 0.4) is 0 Å². The highest BCUT2D eigenvalue weighted by atomic mass is 16.2. The quantitative estimate of drug-likeness (QED) is 0.827. The first kappa shape index (κ1) is 17.5. The van der Waals surface area contributed by atoms with Crippen LogP contribution in [-0.4, -0.2) is 54.2 Å². The van der Waals surface area contributed by atoms with Crippen LogP contribution in [0.15, 0.2) is 24.3 Å². The number of hydrogen-bond donors (Lipinski definition) is 1. The van der Waals surface area contributed by atoms with Crippen molar-refractivity contribution in [1.29, 1.82) is 0 Å². The lowest BCUT2D eigenvalue weighted by atomic mass is 10.0. The van der Waals surface area contributed by atoms with Gasteiger partial charge in [0.1, 0.15) is 0 Å². The molecule has 3 rings (SSSR count). The molecule has 1 saturated heterocycles. The summed E-state index contributed by atoms with van der Waals surface area (Å²) >= 11 is 0. The number of carbonyl (C=O) groups excluding carboxylic acids is 3. The molecule has 1 saturated carbocycles. The van der Waals surface area contributed by atoms with Crippen molar-refractivity contribution in [1.82, 2.24) is 9.80 Å². The number of rotatable bonds is 5. The lowest BCUT2D eigenvalue weighted by Gasteiger charge is -2.32. The number of nitrogens with one attached hydrogen (secondary N) is 1. The number of nitrogens with zero attached hydrogens (tertiary/aromatic N) is 2. The van der Waals surface area contributed by atoms with Gasteiger partial charge in [0.2, 0.25) is 18.2 Å². The van der Waals surface area contributed by atoms with Gasteiger partial charge in [-0.1, -0.05) is 32.0 Å². The summed E-state index contributed by atoms with van der Waals surface area (Å²) in [4.78, 5) is 39.2. The molecule has 1 N–H and O–H groups in total. The summed E-state index contributed by atoms with van der Waals surface area (Å²) in [6.07, 6.45) is 1.43. The van der Waals surface area contributed by atoms with Crippen molar-refractivity contribution in [3.63, 3.8) is 0 Å². The SMILES string of the molecule is CC(C)c1ccccc1NC(=O)C1CC1C(=O)N1CCN(C=O)CC1. The second kappa shape index (κ2) is 7.25. The maximum absolute atomic E-state index is 12.5. The van der Waals surface area contributed by atoms with Crippen molar-refractivity contribution in [2.24, 2.45) is 11.8 Å². The lowest BCUT2D eigenvalue weighted by molar-refractivity contribution is -0.137. The summed E-state index contributed by atoms with van der Waals surface area (Å²) in [5, 5.41) is 2.99. The zero-order valence-electron chi connectivity index (χ0n) is 14.8. The van der Waals surface area contributed by atoms with Gasteiger partial charge in [-0.2, -0.15) is 0 Å². The third-order valence-electron chi connectivity index (χ3n) is 5.06. The van der Waals surface area contributed by atoms with Crippen molar-refractivity contribution in [2.45, 2.75) is 26.2 Å². The summed E-state index contributed by atoms with van der Waals surface area (Å²) in [6.45, 7) is 6.43. The van der Waals surface area contributed by atoms with Crippen molar-refractivity contribution in [3.8, 4) is 0 Å². The van der Waals surface area contributed by atoms with Crippen LogP contribution in [0, 0.1) is 11.8 Å². The van der Waals surface area contributed by atoms with Gasteiger partial charge in [0.05, 0.1) is 11.8 Å². The van der Waals surface area contributed by atoms with Crippen LogP contribution in [0.25, 0.3) is 0 Å². The van der Waals surface area contributed by atoms with Crippen LogP contribution in [0.1, 0.15) is 31.7 Å². The van der Waals surface area contributed by atoms with Crippen molar-refractivity contribution >= 4 is 23.9 Å². The third kappa shape index (κ3) is 3.83. The van der Waals surface area contributed by atoms with Crippen LogP contribution in [0.4, 0.5) is 5.69 Å². The van der Waals surface area contributed by atoms with E-state index in [1.807, 2.05) is 24.3 Å². The molecular formula is C19H25N3O3. The van der Waals surface area contributed by atoms with Crippen molar-refractivity contribution in [2.75, 3.05) is 31.5 Å². The van der Waals surface area contributed by atoms with E-state index in [2.05, 4.69) is 19.2 Å². The van der Waals surface area contributed by atoms with E-state index >= 15 is 0 Å². The zero-order valence-corrected chi connectivity index (χ0v) is 14.8. The molecule has 2 fully saturated rings. The summed E-state index contributed by atoms with van der Waals surface area (Å²) in [6, 6.07) is 7.80. The molecule has 2 unspecified atom stereocenters. The first-order valence-electron chi connectivity index (χ1n) is 8.89. The first-order chi connectivity index (χ1) is 12.0. The van der Waals surface area contributed by atoms with Gasteiger partial charge in [-0.3, -0.25) is 14.4 Å². The highest BCUT2D eigenvalue weighted by Gasteiger charge is 2.49. The molecule has 0 radical (unpaired) electrons. The van der Waals surface area contributed by atoms with Gasteiger partial charge >= 0.3 is 0 Å². The van der Waals surface area contributed by atoms with Gasteiger partial charge in [0.25, 0.3) is 0 Å². The van der Waals surface area contributed by atoms with Gasteiger partial charge in [-0.15, -0.1) is 0 Å². The van der Waals surface area contributed by atoms with Crippen LogP contribution in [-0.2, 0) is 14.4 Å². The van der Waals surface area contributed by atoms with Gasteiger partial charge < -0.3 is 15.1 Å². The van der Waals surface area contributed by atoms with E-state index in [4.69, 9.17) is 0 Å². The average molecular weight is 343 g/mol. The van der Waals surface area contributed by atoms with Crippen molar-refractivity contribution < 1.29 is 14.4 Å². The second-order valence-corrected chi connectivity index (χ2v) is 7.15. The van der Waals surface area contributed by atoms with Gasteiger partial charge in [-0.25, -0.2) is 0 Å². The fourth-order valence-corrected chi connectivity index (χ4v) is 3.38. The minimum Gasteiger partial charge on any atom is -0.342 e. The number of amides is 3. The molecule has 0 bridgehead atoms. The minimum absolute atomic E-state index is 0.0443. The van der Waals surface area contributed by atoms with Crippen LogP contribution < -0.4 is 5.32 Å².